The van der Waals surface area contributed by atoms with Crippen molar-refractivity contribution in [3.05, 3.63) is 0 Å². The first-order valence-electron chi connectivity index (χ1n) is 7.30. The molecule has 0 aromatic heterocycles. The van der Waals surface area contributed by atoms with Crippen LogP contribution in [-0.2, 0) is 4.79 Å². The molecule has 2 aliphatic carbocycles. The number of Topliss-reactive ketones (excluding diaryl/α,β-unsaturated/α-hetero) is 1. The number of hydrogen-bond donors (Lipinski definition) is 4. The third kappa shape index (κ3) is 2.11. The molecule has 4 N–H and O–H groups in total. The fraction of sp³-hybridized carbons (Fsp3) is 0.933. The lowest BCUT2D eigenvalue weighted by atomic mass is 9.49. The van der Waals surface area contributed by atoms with Crippen LogP contribution in [0.25, 0.3) is 0 Å². The largest absolute Gasteiger partial charge is 0.392 e. The van der Waals surface area contributed by atoms with Crippen LogP contribution < -0.4 is 0 Å². The molecule has 116 valence electrons. The van der Waals surface area contributed by atoms with Crippen molar-refractivity contribution in [1.29, 1.82) is 0 Å². The third-order valence-corrected chi connectivity index (χ3v) is 5.85. The van der Waals surface area contributed by atoms with Crippen LogP contribution in [0.1, 0.15) is 40.5 Å². The molecule has 0 aliphatic heterocycles. The molecule has 0 saturated heterocycles. The highest BCUT2D eigenvalue weighted by Gasteiger charge is 2.61. The summed E-state index contributed by atoms with van der Waals surface area (Å²) in [5.74, 6) is -1.48. The van der Waals surface area contributed by atoms with Crippen LogP contribution in [0.15, 0.2) is 0 Å². The van der Waals surface area contributed by atoms with Crippen molar-refractivity contribution in [2.24, 2.45) is 23.2 Å². The summed E-state index contributed by atoms with van der Waals surface area (Å²) in [5, 5.41) is 41.0. The smallest absolute Gasteiger partial charge is 0.137 e. The second kappa shape index (κ2) is 4.77. The summed E-state index contributed by atoms with van der Waals surface area (Å²) in [5.41, 5.74) is -1.98. The van der Waals surface area contributed by atoms with E-state index in [0.29, 0.717) is 0 Å². The summed E-state index contributed by atoms with van der Waals surface area (Å²) < 4.78 is 0. The van der Waals surface area contributed by atoms with Crippen LogP contribution >= 0.6 is 0 Å². The van der Waals surface area contributed by atoms with E-state index in [2.05, 4.69) is 0 Å². The van der Waals surface area contributed by atoms with E-state index in [-0.39, 0.29) is 18.6 Å². The summed E-state index contributed by atoms with van der Waals surface area (Å²) in [6.07, 6.45) is -2.49. The summed E-state index contributed by atoms with van der Waals surface area (Å²) in [7, 11) is 0. The molecule has 0 heterocycles. The number of fused-ring (bicyclic) bond motifs is 1. The fourth-order valence-electron chi connectivity index (χ4n) is 4.15. The molecule has 0 aromatic carbocycles. The molecule has 2 aliphatic rings. The summed E-state index contributed by atoms with van der Waals surface area (Å²) in [6.45, 7) is 6.73. The molecule has 20 heavy (non-hydrogen) atoms. The standard InChI is InChI=1S/C15H26O5/c1-7-12(18)11(17)5-8-10(16)6-9(14(2,3)20)13(19)15(7,8)4/h7-9,11-13,17-20H,5-6H2,1-4H3/t7-,8-,9-,11+,12-,13-,15+/m1/s1. The van der Waals surface area contributed by atoms with Gasteiger partial charge in [-0.15, -0.1) is 0 Å². The molecule has 0 amide bonds. The zero-order valence-electron chi connectivity index (χ0n) is 12.6. The third-order valence-electron chi connectivity index (χ3n) is 5.85. The predicted molar refractivity (Wildman–Crippen MR) is 72.8 cm³/mol. The number of aliphatic hydroxyl groups excluding tert-OH is 3. The van der Waals surface area contributed by atoms with Crippen molar-refractivity contribution >= 4 is 5.78 Å². The number of ketones is 1. The molecule has 2 saturated carbocycles. The Bertz CT molecular complexity index is 402. The normalized spacial score (nSPS) is 49.9. The molecule has 0 unspecified atom stereocenters. The minimum absolute atomic E-state index is 0.0391. The topological polar surface area (TPSA) is 98.0 Å². The lowest BCUT2D eigenvalue weighted by Gasteiger charge is -2.57. The molecule has 7 atom stereocenters. The Labute approximate surface area is 119 Å². The van der Waals surface area contributed by atoms with Crippen LogP contribution in [0.2, 0.25) is 0 Å². The molecular formula is C15H26O5. The lowest BCUT2D eigenvalue weighted by Crippen LogP contribution is -2.65. The monoisotopic (exact) mass is 286 g/mol. The highest BCUT2D eigenvalue weighted by Crippen LogP contribution is 2.55. The van der Waals surface area contributed by atoms with Crippen LogP contribution in [-0.4, -0.2) is 50.1 Å². The van der Waals surface area contributed by atoms with Gasteiger partial charge in [-0.3, -0.25) is 4.79 Å². The SMILES string of the molecule is C[C@@H]1[C@@H](O)[C@@H](O)C[C@@H]2C(=O)C[C@@H](C(C)(C)O)[C@@H](O)[C@]21C. The molecule has 0 bridgehead atoms. The van der Waals surface area contributed by atoms with Crippen molar-refractivity contribution in [2.45, 2.75) is 64.4 Å². The molecule has 0 aromatic rings. The van der Waals surface area contributed by atoms with Gasteiger partial charge in [-0.2, -0.15) is 0 Å². The number of carbonyl (C=O) groups excluding carboxylic acids is 1. The van der Waals surface area contributed by atoms with Crippen LogP contribution in [0.3, 0.4) is 0 Å². The number of hydrogen-bond acceptors (Lipinski definition) is 5. The van der Waals surface area contributed by atoms with Crippen molar-refractivity contribution in [2.75, 3.05) is 0 Å². The van der Waals surface area contributed by atoms with Gasteiger partial charge in [-0.25, -0.2) is 0 Å². The quantitative estimate of drug-likeness (QED) is 0.548. The maximum Gasteiger partial charge on any atom is 0.137 e. The molecule has 2 rings (SSSR count). The van der Waals surface area contributed by atoms with Gasteiger partial charge in [0.1, 0.15) is 5.78 Å². The van der Waals surface area contributed by atoms with Gasteiger partial charge in [0.15, 0.2) is 0 Å². The zero-order chi connectivity index (χ0) is 15.5. The number of aliphatic hydroxyl groups is 4. The van der Waals surface area contributed by atoms with Gasteiger partial charge in [0.25, 0.3) is 0 Å². The van der Waals surface area contributed by atoms with Crippen LogP contribution in [0.5, 0.6) is 0 Å². The first-order valence-corrected chi connectivity index (χ1v) is 7.30. The van der Waals surface area contributed by atoms with Crippen molar-refractivity contribution < 1.29 is 25.2 Å². The van der Waals surface area contributed by atoms with E-state index in [4.69, 9.17) is 0 Å². The Morgan fingerprint density at radius 1 is 1.25 bits per heavy atom. The Hall–Kier alpha value is -0.490. The Balaban J connectivity index is 2.43. The molecule has 2 fully saturated rings. The van der Waals surface area contributed by atoms with Gasteiger partial charge >= 0.3 is 0 Å². The van der Waals surface area contributed by atoms with E-state index < -0.39 is 47.1 Å². The van der Waals surface area contributed by atoms with E-state index >= 15 is 0 Å². The van der Waals surface area contributed by atoms with Crippen molar-refractivity contribution in [3.8, 4) is 0 Å². The molecule has 0 radical (unpaired) electrons. The van der Waals surface area contributed by atoms with Gasteiger partial charge in [0.2, 0.25) is 0 Å². The zero-order valence-corrected chi connectivity index (χ0v) is 12.6. The van der Waals surface area contributed by atoms with E-state index in [0.717, 1.165) is 0 Å². The molecule has 5 nitrogen and oxygen atoms in total. The lowest BCUT2D eigenvalue weighted by molar-refractivity contribution is -0.210. The minimum atomic E-state index is -1.16. The van der Waals surface area contributed by atoms with Gasteiger partial charge in [-0.1, -0.05) is 13.8 Å². The van der Waals surface area contributed by atoms with Crippen LogP contribution in [0.4, 0.5) is 0 Å². The van der Waals surface area contributed by atoms with E-state index in [1.807, 2.05) is 0 Å². The Kier molecular flexibility index (Phi) is 3.79. The summed E-state index contributed by atoms with van der Waals surface area (Å²) >= 11 is 0. The molecular weight excluding hydrogens is 260 g/mol. The van der Waals surface area contributed by atoms with Gasteiger partial charge in [0.05, 0.1) is 23.9 Å². The van der Waals surface area contributed by atoms with E-state index in [9.17, 15) is 25.2 Å². The molecule has 5 heteroatoms. The summed E-state index contributed by atoms with van der Waals surface area (Å²) in [6, 6.07) is 0. The fourth-order valence-corrected chi connectivity index (χ4v) is 4.15. The maximum absolute atomic E-state index is 12.4. The van der Waals surface area contributed by atoms with E-state index in [1.165, 1.54) is 0 Å². The van der Waals surface area contributed by atoms with Crippen molar-refractivity contribution in [1.82, 2.24) is 0 Å². The first kappa shape index (κ1) is 15.9. The number of carbonyl (C=O) groups is 1. The Morgan fingerprint density at radius 2 is 1.80 bits per heavy atom. The van der Waals surface area contributed by atoms with Crippen LogP contribution in [0, 0.1) is 23.2 Å². The van der Waals surface area contributed by atoms with Gasteiger partial charge in [-0.05, 0) is 26.2 Å². The highest BCUT2D eigenvalue weighted by molar-refractivity contribution is 5.83. The number of rotatable bonds is 1. The average Bonchev–Trinajstić information content (AvgIpc) is 2.33. The van der Waals surface area contributed by atoms with E-state index in [1.54, 1.807) is 27.7 Å². The van der Waals surface area contributed by atoms with Gasteiger partial charge in [0, 0.05) is 23.7 Å². The average molecular weight is 286 g/mol. The van der Waals surface area contributed by atoms with Gasteiger partial charge < -0.3 is 20.4 Å². The minimum Gasteiger partial charge on any atom is -0.392 e. The Morgan fingerprint density at radius 3 is 2.30 bits per heavy atom. The molecule has 0 spiro atoms. The predicted octanol–water partition coefficient (Wildman–Crippen LogP) is 0.0913. The second-order valence-corrected chi connectivity index (χ2v) is 7.38. The second-order valence-electron chi connectivity index (χ2n) is 7.38. The first-order chi connectivity index (χ1) is 9.01. The van der Waals surface area contributed by atoms with Crippen molar-refractivity contribution in [3.63, 3.8) is 0 Å². The highest BCUT2D eigenvalue weighted by atomic mass is 16.3. The maximum atomic E-state index is 12.4. The summed E-state index contributed by atoms with van der Waals surface area (Å²) in [4.78, 5) is 12.4.